The Bertz CT molecular complexity index is 758. The van der Waals surface area contributed by atoms with E-state index in [1.54, 1.807) is 6.08 Å². The highest BCUT2D eigenvalue weighted by molar-refractivity contribution is 6.26. The molecule has 1 unspecified atom stereocenters. The van der Waals surface area contributed by atoms with Gasteiger partial charge in [-0.3, -0.25) is 14.4 Å². The van der Waals surface area contributed by atoms with Gasteiger partial charge in [0, 0.05) is 12.8 Å². The highest BCUT2D eigenvalue weighted by atomic mass is 16.6. The summed E-state index contributed by atoms with van der Waals surface area (Å²) in [7, 11) is 0. The number of carbonyl (C=O) groups is 3. The van der Waals surface area contributed by atoms with E-state index in [4.69, 9.17) is 9.47 Å². The minimum atomic E-state index is -1.80. The summed E-state index contributed by atoms with van der Waals surface area (Å²) < 4.78 is 11.1. The molecule has 5 heteroatoms. The third-order valence-corrected chi connectivity index (χ3v) is 6.22. The molecule has 1 atom stereocenters. The van der Waals surface area contributed by atoms with Gasteiger partial charge in [-0.2, -0.15) is 0 Å². The first-order chi connectivity index (χ1) is 15.4. The number of carbonyl (C=O) groups excluding carboxylic acids is 3. The zero-order chi connectivity index (χ0) is 23.4. The van der Waals surface area contributed by atoms with Crippen molar-refractivity contribution in [2.24, 2.45) is 0 Å². The Balaban J connectivity index is 1.87. The Hall–Kier alpha value is -2.17. The van der Waals surface area contributed by atoms with Gasteiger partial charge in [0.2, 0.25) is 17.2 Å². The Morgan fingerprint density at radius 1 is 0.875 bits per heavy atom. The van der Waals surface area contributed by atoms with Gasteiger partial charge in [-0.25, -0.2) is 0 Å². The van der Waals surface area contributed by atoms with Crippen molar-refractivity contribution in [1.29, 1.82) is 0 Å². The first kappa shape index (κ1) is 26.1. The van der Waals surface area contributed by atoms with Crippen LogP contribution in [0.15, 0.2) is 35.3 Å². The predicted octanol–water partition coefficient (Wildman–Crippen LogP) is 6.67. The largest absolute Gasteiger partial charge is 0.469 e. The number of Topliss-reactive ketones (excluding diaryl/α,β-unsaturated/α-hetero) is 1. The molecule has 32 heavy (non-hydrogen) atoms. The zero-order valence-electron chi connectivity index (χ0n) is 20.2. The number of allylic oxidation sites excluding steroid dienone is 3. The average molecular weight is 445 g/mol. The second kappa shape index (κ2) is 13.4. The zero-order valence-corrected chi connectivity index (χ0v) is 20.2. The summed E-state index contributed by atoms with van der Waals surface area (Å²) in [4.78, 5) is 38.1. The molecule has 0 N–H and O–H groups in total. The topological polar surface area (TPSA) is 69.7 Å². The first-order valence-electron chi connectivity index (χ1n) is 12.5. The van der Waals surface area contributed by atoms with E-state index in [0.717, 1.165) is 37.9 Å². The Morgan fingerprint density at radius 3 is 2.12 bits per heavy atom. The molecule has 1 heterocycles. The molecule has 0 saturated carbocycles. The quantitative estimate of drug-likeness (QED) is 0.160. The average Bonchev–Trinajstić information content (AvgIpc) is 2.77. The van der Waals surface area contributed by atoms with Crippen LogP contribution in [-0.4, -0.2) is 23.1 Å². The summed E-state index contributed by atoms with van der Waals surface area (Å²) in [5.74, 6) is -0.731. The standard InChI is InChI=1S/C27H40O5/c1-4-6-8-10-11-13-15-17-25(29)32-27(3)24(28)19-21-18-22(16-14-12-9-7-5-2)31-20-23(21)26(27)30/h18-20H,4-17H2,1-3H3. The summed E-state index contributed by atoms with van der Waals surface area (Å²) >= 11 is 0. The molecular formula is C27H40O5. The van der Waals surface area contributed by atoms with Crippen molar-refractivity contribution in [3.8, 4) is 0 Å². The number of ether oxygens (including phenoxy) is 2. The van der Waals surface area contributed by atoms with E-state index in [1.807, 2.05) is 0 Å². The number of hydrogen-bond donors (Lipinski definition) is 0. The molecule has 0 aromatic carbocycles. The molecule has 1 aliphatic heterocycles. The van der Waals surface area contributed by atoms with E-state index >= 15 is 0 Å². The van der Waals surface area contributed by atoms with Crippen molar-refractivity contribution in [2.75, 3.05) is 0 Å². The third-order valence-electron chi connectivity index (χ3n) is 6.22. The smallest absolute Gasteiger partial charge is 0.307 e. The third kappa shape index (κ3) is 7.46. The number of rotatable bonds is 15. The highest BCUT2D eigenvalue weighted by Gasteiger charge is 2.49. The monoisotopic (exact) mass is 444 g/mol. The molecule has 0 radical (unpaired) electrons. The van der Waals surface area contributed by atoms with Gasteiger partial charge >= 0.3 is 5.97 Å². The molecule has 5 nitrogen and oxygen atoms in total. The van der Waals surface area contributed by atoms with E-state index in [-0.39, 0.29) is 6.42 Å². The van der Waals surface area contributed by atoms with Crippen molar-refractivity contribution in [1.82, 2.24) is 0 Å². The second-order valence-electron chi connectivity index (χ2n) is 9.10. The molecule has 0 spiro atoms. The minimum Gasteiger partial charge on any atom is -0.469 e. The molecule has 2 aliphatic rings. The van der Waals surface area contributed by atoms with Crippen LogP contribution in [0.4, 0.5) is 0 Å². The van der Waals surface area contributed by atoms with Gasteiger partial charge in [0.15, 0.2) is 0 Å². The summed E-state index contributed by atoms with van der Waals surface area (Å²) in [6.07, 6.45) is 19.0. The minimum absolute atomic E-state index is 0.220. The molecule has 0 saturated heterocycles. The maximum absolute atomic E-state index is 13.0. The van der Waals surface area contributed by atoms with Gasteiger partial charge in [-0.05, 0) is 37.5 Å². The van der Waals surface area contributed by atoms with Crippen LogP contribution in [0.5, 0.6) is 0 Å². The van der Waals surface area contributed by atoms with Gasteiger partial charge in [0.25, 0.3) is 0 Å². The van der Waals surface area contributed by atoms with Crippen molar-refractivity contribution in [3.63, 3.8) is 0 Å². The summed E-state index contributed by atoms with van der Waals surface area (Å²) in [6, 6.07) is 0. The number of esters is 1. The van der Waals surface area contributed by atoms with E-state index in [9.17, 15) is 14.4 Å². The maximum Gasteiger partial charge on any atom is 0.307 e. The lowest BCUT2D eigenvalue weighted by molar-refractivity contribution is -0.169. The lowest BCUT2D eigenvalue weighted by Gasteiger charge is -2.31. The summed E-state index contributed by atoms with van der Waals surface area (Å²) in [6.45, 7) is 5.76. The second-order valence-corrected chi connectivity index (χ2v) is 9.10. The van der Waals surface area contributed by atoms with Gasteiger partial charge in [-0.15, -0.1) is 0 Å². The van der Waals surface area contributed by atoms with Crippen molar-refractivity contribution >= 4 is 17.5 Å². The molecule has 2 rings (SSSR count). The number of unbranched alkanes of at least 4 members (excludes halogenated alkanes) is 10. The lowest BCUT2D eigenvalue weighted by atomic mass is 9.80. The van der Waals surface area contributed by atoms with Crippen LogP contribution in [0.2, 0.25) is 0 Å². The van der Waals surface area contributed by atoms with E-state index in [1.165, 1.54) is 64.2 Å². The molecule has 0 aromatic heterocycles. The van der Waals surface area contributed by atoms with Crippen molar-refractivity contribution in [2.45, 2.75) is 116 Å². The van der Waals surface area contributed by atoms with Crippen LogP contribution in [0.25, 0.3) is 0 Å². The Labute approximate surface area is 193 Å². The molecule has 0 bridgehead atoms. The van der Waals surface area contributed by atoms with Crippen LogP contribution >= 0.6 is 0 Å². The van der Waals surface area contributed by atoms with Crippen LogP contribution < -0.4 is 0 Å². The Kier molecular flexibility index (Phi) is 10.9. The molecule has 178 valence electrons. The number of fused-ring (bicyclic) bond motifs is 1. The van der Waals surface area contributed by atoms with E-state index in [2.05, 4.69) is 13.8 Å². The molecule has 0 fully saturated rings. The fourth-order valence-corrected chi connectivity index (χ4v) is 4.08. The number of ketones is 2. The van der Waals surface area contributed by atoms with Crippen LogP contribution in [0.1, 0.15) is 111 Å². The summed E-state index contributed by atoms with van der Waals surface area (Å²) in [5, 5.41) is 0. The molecule has 0 amide bonds. The lowest BCUT2D eigenvalue weighted by Crippen LogP contribution is -2.50. The molecular weight excluding hydrogens is 404 g/mol. The fourth-order valence-electron chi connectivity index (χ4n) is 4.08. The number of hydrogen-bond acceptors (Lipinski definition) is 5. The predicted molar refractivity (Wildman–Crippen MR) is 126 cm³/mol. The molecule has 0 aromatic rings. The maximum atomic E-state index is 13.0. The highest BCUT2D eigenvalue weighted by Crippen LogP contribution is 2.34. The van der Waals surface area contributed by atoms with Crippen LogP contribution in [0.3, 0.4) is 0 Å². The Morgan fingerprint density at radius 2 is 1.47 bits per heavy atom. The van der Waals surface area contributed by atoms with Crippen LogP contribution in [0, 0.1) is 0 Å². The van der Waals surface area contributed by atoms with E-state index < -0.39 is 23.1 Å². The van der Waals surface area contributed by atoms with Crippen LogP contribution in [-0.2, 0) is 23.9 Å². The summed E-state index contributed by atoms with van der Waals surface area (Å²) in [5.41, 5.74) is -0.955. The van der Waals surface area contributed by atoms with Gasteiger partial charge in [0.05, 0.1) is 5.57 Å². The SMILES string of the molecule is CCCCCCCCCC(=O)OC1(C)C(=O)C=C2C=C(CCCCCCC)OC=C2C1=O. The van der Waals surface area contributed by atoms with Gasteiger partial charge in [0.1, 0.15) is 12.0 Å². The first-order valence-corrected chi connectivity index (χ1v) is 12.5. The van der Waals surface area contributed by atoms with Crippen molar-refractivity contribution in [3.05, 3.63) is 35.3 Å². The van der Waals surface area contributed by atoms with Crippen molar-refractivity contribution < 1.29 is 23.9 Å². The molecule has 1 aliphatic carbocycles. The fraction of sp³-hybridized carbons (Fsp3) is 0.667. The normalized spacial score (nSPS) is 20.2. The van der Waals surface area contributed by atoms with E-state index in [0.29, 0.717) is 17.6 Å². The van der Waals surface area contributed by atoms with Gasteiger partial charge < -0.3 is 9.47 Å². The van der Waals surface area contributed by atoms with Gasteiger partial charge in [-0.1, -0.05) is 78.1 Å².